The molecule has 2 N–H and O–H groups in total. The Morgan fingerprint density at radius 3 is 2.61 bits per heavy atom. The molecule has 3 saturated heterocycles. The third kappa shape index (κ3) is 2.51. The monoisotopic (exact) mass is 434 g/mol. The second kappa shape index (κ2) is 6.46. The minimum absolute atomic E-state index is 0.0210. The average molecular weight is 435 g/mol. The molecule has 3 saturated carbocycles. The summed E-state index contributed by atoms with van der Waals surface area (Å²) >= 11 is 0. The van der Waals surface area contributed by atoms with Gasteiger partial charge in [-0.2, -0.15) is 0 Å². The van der Waals surface area contributed by atoms with E-state index >= 15 is 0 Å². The molecule has 0 amide bonds. The molecule has 6 fully saturated rings. The molecule has 6 aliphatic rings. The predicted octanol–water partition coefficient (Wildman–Crippen LogP) is 3.38. The molecule has 0 aromatic heterocycles. The Morgan fingerprint density at radius 2 is 1.84 bits per heavy atom. The van der Waals surface area contributed by atoms with Crippen molar-refractivity contribution < 1.29 is 29.2 Å². The zero-order valence-electron chi connectivity index (χ0n) is 19.1. The maximum atomic E-state index is 12.0. The lowest BCUT2D eigenvalue weighted by molar-refractivity contribution is -0.225. The van der Waals surface area contributed by atoms with Gasteiger partial charge in [0.25, 0.3) is 0 Å². The Morgan fingerprint density at radius 1 is 1.03 bits per heavy atom. The lowest BCUT2D eigenvalue weighted by Crippen LogP contribution is -2.61. The molecular weight excluding hydrogens is 396 g/mol. The summed E-state index contributed by atoms with van der Waals surface area (Å²) in [4.78, 5) is 12.0. The van der Waals surface area contributed by atoms with Crippen LogP contribution in [0, 0.1) is 39.9 Å². The van der Waals surface area contributed by atoms with Crippen molar-refractivity contribution in [2.24, 2.45) is 39.9 Å². The Kier molecular flexibility index (Phi) is 4.35. The van der Waals surface area contributed by atoms with Crippen LogP contribution in [0.5, 0.6) is 0 Å². The van der Waals surface area contributed by atoms with E-state index in [0.717, 1.165) is 32.1 Å². The molecule has 11 atom stereocenters. The van der Waals surface area contributed by atoms with Gasteiger partial charge in [0, 0.05) is 12.5 Å². The van der Waals surface area contributed by atoms with E-state index in [1.165, 1.54) is 12.8 Å². The fourth-order valence-corrected chi connectivity index (χ4v) is 9.76. The highest BCUT2D eigenvalue weighted by Crippen LogP contribution is 2.71. The maximum Gasteiger partial charge on any atom is 0.311 e. The molecule has 6 heteroatoms. The minimum Gasteiger partial charge on any atom is -0.432 e. The molecule has 3 aliphatic carbocycles. The lowest BCUT2D eigenvalue weighted by Gasteiger charge is -2.67. The predicted molar refractivity (Wildman–Crippen MR) is 111 cm³/mol. The van der Waals surface area contributed by atoms with Gasteiger partial charge in [0.15, 0.2) is 11.9 Å². The molecule has 174 valence electrons. The number of carbonyl (C=O) groups excluding carboxylic acids is 1. The first kappa shape index (κ1) is 20.9. The van der Waals surface area contributed by atoms with E-state index < -0.39 is 24.3 Å². The zero-order valence-corrected chi connectivity index (χ0v) is 19.1. The number of ether oxygens (including phenoxy) is 3. The Bertz CT molecular complexity index is 786. The summed E-state index contributed by atoms with van der Waals surface area (Å²) < 4.78 is 17.9. The van der Waals surface area contributed by atoms with Crippen molar-refractivity contribution in [3.8, 4) is 0 Å². The van der Waals surface area contributed by atoms with Crippen molar-refractivity contribution in [3.63, 3.8) is 0 Å². The molecule has 0 unspecified atom stereocenters. The van der Waals surface area contributed by atoms with Gasteiger partial charge in [-0.3, -0.25) is 4.79 Å². The van der Waals surface area contributed by atoms with Crippen LogP contribution < -0.4 is 0 Å². The number of carbonyl (C=O) groups is 1. The molecule has 3 heterocycles. The number of rotatable bonds is 1. The van der Waals surface area contributed by atoms with Crippen LogP contribution >= 0.6 is 0 Å². The van der Waals surface area contributed by atoms with Crippen LogP contribution in [-0.4, -0.2) is 47.1 Å². The Labute approximate surface area is 185 Å². The van der Waals surface area contributed by atoms with E-state index in [1.54, 1.807) is 0 Å². The Balaban J connectivity index is 1.36. The van der Waals surface area contributed by atoms with Gasteiger partial charge < -0.3 is 24.4 Å². The third-order valence-corrected chi connectivity index (χ3v) is 11.2. The van der Waals surface area contributed by atoms with Gasteiger partial charge >= 0.3 is 5.97 Å². The van der Waals surface area contributed by atoms with Crippen LogP contribution in [-0.2, 0) is 19.0 Å². The summed E-state index contributed by atoms with van der Waals surface area (Å²) in [5, 5.41) is 21.6. The molecule has 3 aliphatic heterocycles. The first-order valence-corrected chi connectivity index (χ1v) is 12.5. The molecule has 0 aromatic rings. The van der Waals surface area contributed by atoms with Crippen molar-refractivity contribution >= 4 is 5.97 Å². The number of hydrogen-bond acceptors (Lipinski definition) is 6. The number of aliphatic hydroxyl groups is 2. The van der Waals surface area contributed by atoms with Gasteiger partial charge in [0.1, 0.15) is 0 Å². The fourth-order valence-electron chi connectivity index (χ4n) is 9.76. The summed E-state index contributed by atoms with van der Waals surface area (Å²) in [7, 11) is 0. The van der Waals surface area contributed by atoms with E-state index in [0.29, 0.717) is 24.2 Å². The second-order valence-electron chi connectivity index (χ2n) is 12.5. The zero-order chi connectivity index (χ0) is 21.8. The van der Waals surface area contributed by atoms with E-state index in [9.17, 15) is 15.0 Å². The SMILES string of the molecule is C[C@]1(CO)CCC[C@]2(C)[C@H]3CC[C@@H]4[C@@H]5O[C@H]6OC(=O)C[C@]6(O5)[C@H](O)C[C@H]4[C@]3(C)CC[C@@H]12. The highest BCUT2D eigenvalue weighted by Gasteiger charge is 2.70. The van der Waals surface area contributed by atoms with Crippen LogP contribution in [0.3, 0.4) is 0 Å². The number of hydrogen-bond donors (Lipinski definition) is 2. The van der Waals surface area contributed by atoms with Gasteiger partial charge in [-0.1, -0.05) is 27.2 Å². The molecule has 6 rings (SSSR count). The van der Waals surface area contributed by atoms with Crippen molar-refractivity contribution in [1.29, 1.82) is 0 Å². The number of aliphatic hydroxyl groups excluding tert-OH is 2. The highest BCUT2D eigenvalue weighted by atomic mass is 16.8. The summed E-state index contributed by atoms with van der Waals surface area (Å²) in [6.07, 6.45) is 6.82. The van der Waals surface area contributed by atoms with E-state index in [-0.39, 0.29) is 41.2 Å². The summed E-state index contributed by atoms with van der Waals surface area (Å²) in [6, 6.07) is 0. The smallest absolute Gasteiger partial charge is 0.311 e. The van der Waals surface area contributed by atoms with E-state index in [4.69, 9.17) is 14.2 Å². The summed E-state index contributed by atoms with van der Waals surface area (Å²) in [5.41, 5.74) is -0.672. The standard InChI is InChI=1S/C25H38O6/c1-22(13-26)8-4-9-24(3)16(22)7-10-23(2)15-11-18(27)25-12-19(28)29-21(25)30-20(31-25)14(15)5-6-17(23)24/h14-18,20-21,26-27H,4-13H2,1-3H3/t14-,15+,16-,17-,18+,20+,21+,22+,23-,24-,25-/m0/s1. The van der Waals surface area contributed by atoms with Gasteiger partial charge in [0.05, 0.1) is 12.5 Å². The minimum atomic E-state index is -1.02. The van der Waals surface area contributed by atoms with E-state index in [1.807, 2.05) is 0 Å². The van der Waals surface area contributed by atoms with Crippen LogP contribution in [0.4, 0.5) is 0 Å². The number of fused-ring (bicyclic) bond motifs is 7. The number of esters is 1. The Hall–Kier alpha value is -0.690. The van der Waals surface area contributed by atoms with Gasteiger partial charge in [-0.25, -0.2) is 0 Å². The summed E-state index contributed by atoms with van der Waals surface area (Å²) in [5.74, 6) is 1.33. The average Bonchev–Trinajstić information content (AvgIpc) is 3.17. The normalized spacial score (nSPS) is 60.3. The van der Waals surface area contributed by atoms with Crippen LogP contribution in [0.1, 0.15) is 78.6 Å². The molecule has 0 radical (unpaired) electrons. The van der Waals surface area contributed by atoms with Crippen molar-refractivity contribution in [2.45, 2.75) is 103 Å². The van der Waals surface area contributed by atoms with Gasteiger partial charge in [-0.15, -0.1) is 0 Å². The molecule has 31 heavy (non-hydrogen) atoms. The lowest BCUT2D eigenvalue weighted by atomic mass is 9.38. The third-order valence-electron chi connectivity index (χ3n) is 11.2. The van der Waals surface area contributed by atoms with Gasteiger partial charge in [-0.05, 0) is 78.9 Å². The topological polar surface area (TPSA) is 85.2 Å². The van der Waals surface area contributed by atoms with Crippen LogP contribution in [0.25, 0.3) is 0 Å². The largest absolute Gasteiger partial charge is 0.432 e. The quantitative estimate of drug-likeness (QED) is 0.616. The van der Waals surface area contributed by atoms with Crippen molar-refractivity contribution in [1.82, 2.24) is 0 Å². The maximum absolute atomic E-state index is 12.0. The molecule has 2 bridgehead atoms. The first-order valence-electron chi connectivity index (χ1n) is 12.5. The van der Waals surface area contributed by atoms with E-state index in [2.05, 4.69) is 20.8 Å². The molecule has 1 spiro atoms. The highest BCUT2D eigenvalue weighted by molar-refractivity contribution is 5.74. The van der Waals surface area contributed by atoms with Crippen molar-refractivity contribution in [2.75, 3.05) is 6.61 Å². The molecule has 6 nitrogen and oxygen atoms in total. The van der Waals surface area contributed by atoms with Crippen LogP contribution in [0.15, 0.2) is 0 Å². The fraction of sp³-hybridized carbons (Fsp3) is 0.960. The first-order chi connectivity index (χ1) is 14.7. The molecular formula is C25H38O6. The van der Waals surface area contributed by atoms with Crippen LogP contribution in [0.2, 0.25) is 0 Å². The van der Waals surface area contributed by atoms with Crippen molar-refractivity contribution in [3.05, 3.63) is 0 Å². The second-order valence-corrected chi connectivity index (χ2v) is 12.5. The summed E-state index contributed by atoms with van der Waals surface area (Å²) in [6.45, 7) is 7.54. The van der Waals surface area contributed by atoms with Gasteiger partial charge in [0.2, 0.25) is 6.29 Å². The molecule has 0 aromatic carbocycles.